The van der Waals surface area contributed by atoms with E-state index >= 15 is 0 Å². The molecule has 2 aromatic carbocycles. The number of nitrogens with zero attached hydrogens (tertiary/aromatic N) is 1. The molecule has 0 aliphatic carbocycles. The van der Waals surface area contributed by atoms with Crippen LogP contribution in [-0.4, -0.2) is 27.2 Å². The molecular weight excluding hydrogens is 400 g/mol. The number of anilines is 1. The Labute approximate surface area is 160 Å². The first-order chi connectivity index (χ1) is 12.5. The van der Waals surface area contributed by atoms with Crippen molar-refractivity contribution in [1.82, 2.24) is 0 Å². The first-order valence-electron chi connectivity index (χ1n) is 7.51. The maximum atomic E-state index is 12.4. The van der Waals surface area contributed by atoms with Gasteiger partial charge in [0.25, 0.3) is 5.91 Å². The number of rotatable bonds is 6. The minimum Gasteiger partial charge on any atom is -0.497 e. The summed E-state index contributed by atoms with van der Waals surface area (Å²) in [7, 11) is 4.61. The molecule has 0 spiro atoms. The Kier molecular flexibility index (Phi) is 6.64. The van der Waals surface area contributed by atoms with Gasteiger partial charge in [-0.25, -0.2) is 0 Å². The summed E-state index contributed by atoms with van der Waals surface area (Å²) in [5, 5.41) is 12.0. The van der Waals surface area contributed by atoms with Gasteiger partial charge in [-0.05, 0) is 48.0 Å². The Bertz CT molecular complexity index is 870. The highest BCUT2D eigenvalue weighted by molar-refractivity contribution is 9.10. The maximum Gasteiger partial charge on any atom is 0.266 e. The summed E-state index contributed by atoms with van der Waals surface area (Å²) in [6.07, 6.45) is 1.48. The van der Waals surface area contributed by atoms with Crippen LogP contribution in [0.25, 0.3) is 6.08 Å². The maximum absolute atomic E-state index is 12.4. The fraction of sp³-hybridized carbons (Fsp3) is 0.158. The molecular formula is C19H17BrN2O4. The van der Waals surface area contributed by atoms with Crippen molar-refractivity contribution in [2.45, 2.75) is 0 Å². The number of hydrogen-bond donors (Lipinski definition) is 1. The van der Waals surface area contributed by atoms with E-state index < -0.39 is 5.91 Å². The van der Waals surface area contributed by atoms with Gasteiger partial charge in [0.15, 0.2) is 11.5 Å². The van der Waals surface area contributed by atoms with Gasteiger partial charge >= 0.3 is 0 Å². The van der Waals surface area contributed by atoms with Gasteiger partial charge in [-0.15, -0.1) is 0 Å². The van der Waals surface area contributed by atoms with Gasteiger partial charge in [0.1, 0.15) is 17.4 Å². The van der Waals surface area contributed by atoms with Crippen LogP contribution >= 0.6 is 15.9 Å². The molecule has 134 valence electrons. The molecule has 0 aromatic heterocycles. The van der Waals surface area contributed by atoms with Gasteiger partial charge in [0.05, 0.1) is 21.3 Å². The molecule has 0 bridgehead atoms. The van der Waals surface area contributed by atoms with Crippen LogP contribution in [0.15, 0.2) is 46.4 Å². The van der Waals surface area contributed by atoms with E-state index in [0.717, 1.165) is 0 Å². The number of ether oxygens (including phenoxy) is 3. The number of carbonyl (C=O) groups excluding carboxylic acids is 1. The van der Waals surface area contributed by atoms with Crippen LogP contribution in [0.3, 0.4) is 0 Å². The van der Waals surface area contributed by atoms with E-state index in [-0.39, 0.29) is 5.57 Å². The van der Waals surface area contributed by atoms with Crippen LogP contribution in [-0.2, 0) is 4.79 Å². The van der Waals surface area contributed by atoms with Gasteiger partial charge in [-0.1, -0.05) is 15.9 Å². The van der Waals surface area contributed by atoms with Crippen molar-refractivity contribution in [3.05, 3.63) is 52.0 Å². The Morgan fingerprint density at radius 1 is 1.08 bits per heavy atom. The Morgan fingerprint density at radius 3 is 2.23 bits per heavy atom. The lowest BCUT2D eigenvalue weighted by Gasteiger charge is -2.10. The van der Waals surface area contributed by atoms with Crippen LogP contribution in [0.1, 0.15) is 5.56 Å². The molecule has 0 saturated carbocycles. The van der Waals surface area contributed by atoms with Crippen molar-refractivity contribution in [3.8, 4) is 23.3 Å². The molecule has 0 aliphatic rings. The summed E-state index contributed by atoms with van der Waals surface area (Å²) < 4.78 is 16.2. The van der Waals surface area contributed by atoms with Gasteiger partial charge < -0.3 is 19.5 Å². The SMILES string of the molecule is COc1ccc(NC(=O)/C(C#N)=C\c2cc(OC)c(OC)cc2Br)cc1. The summed E-state index contributed by atoms with van der Waals surface area (Å²) >= 11 is 3.41. The third-order valence-electron chi connectivity index (χ3n) is 3.52. The number of carbonyl (C=O) groups is 1. The Hall–Kier alpha value is -2.98. The summed E-state index contributed by atoms with van der Waals surface area (Å²) in [5.74, 6) is 1.19. The lowest BCUT2D eigenvalue weighted by atomic mass is 10.1. The van der Waals surface area contributed by atoms with Crippen LogP contribution in [0, 0.1) is 11.3 Å². The molecule has 1 N–H and O–H groups in total. The standard InChI is InChI=1S/C19H17BrN2O4/c1-24-15-6-4-14(5-7-15)22-19(23)13(11-21)8-12-9-17(25-2)18(26-3)10-16(12)20/h4-10H,1-3H3,(H,22,23)/b13-8-. The number of hydrogen-bond acceptors (Lipinski definition) is 5. The summed E-state index contributed by atoms with van der Waals surface area (Å²) in [5.41, 5.74) is 1.13. The number of nitriles is 1. The topological polar surface area (TPSA) is 80.6 Å². The van der Waals surface area contributed by atoms with E-state index in [4.69, 9.17) is 14.2 Å². The molecule has 6 nitrogen and oxygen atoms in total. The average Bonchev–Trinajstić information content (AvgIpc) is 2.67. The minimum absolute atomic E-state index is 0.0475. The monoisotopic (exact) mass is 416 g/mol. The fourth-order valence-electron chi connectivity index (χ4n) is 2.16. The molecule has 0 radical (unpaired) electrons. The van der Waals surface area contributed by atoms with Crippen molar-refractivity contribution >= 4 is 33.6 Å². The normalized spacial score (nSPS) is 10.7. The number of nitrogens with one attached hydrogen (secondary N) is 1. The van der Waals surface area contributed by atoms with Crippen LogP contribution in [0.4, 0.5) is 5.69 Å². The molecule has 26 heavy (non-hydrogen) atoms. The third-order valence-corrected chi connectivity index (χ3v) is 4.20. The summed E-state index contributed by atoms with van der Waals surface area (Å²) in [6, 6.07) is 12.1. The third kappa shape index (κ3) is 4.55. The Morgan fingerprint density at radius 2 is 1.69 bits per heavy atom. The predicted octanol–water partition coefficient (Wildman–Crippen LogP) is 4.02. The molecule has 7 heteroatoms. The number of amides is 1. The zero-order chi connectivity index (χ0) is 19.1. The molecule has 0 heterocycles. The first kappa shape index (κ1) is 19.3. The van der Waals surface area contributed by atoms with E-state index in [2.05, 4.69) is 21.2 Å². The highest BCUT2D eigenvalue weighted by atomic mass is 79.9. The molecule has 2 aromatic rings. The van der Waals surface area contributed by atoms with Crippen LogP contribution < -0.4 is 19.5 Å². The highest BCUT2D eigenvalue weighted by Gasteiger charge is 2.13. The molecule has 0 aliphatic heterocycles. The van der Waals surface area contributed by atoms with Crippen LogP contribution in [0.2, 0.25) is 0 Å². The second-order valence-corrected chi connectivity index (χ2v) is 5.94. The van der Waals surface area contributed by atoms with Crippen molar-refractivity contribution in [3.63, 3.8) is 0 Å². The zero-order valence-electron chi connectivity index (χ0n) is 14.5. The van der Waals surface area contributed by atoms with Gasteiger partial charge in [-0.3, -0.25) is 4.79 Å². The van der Waals surface area contributed by atoms with Gasteiger partial charge in [-0.2, -0.15) is 5.26 Å². The lowest BCUT2D eigenvalue weighted by molar-refractivity contribution is -0.112. The van der Waals surface area contributed by atoms with E-state index in [9.17, 15) is 10.1 Å². The zero-order valence-corrected chi connectivity index (χ0v) is 16.1. The second kappa shape index (κ2) is 8.92. The number of benzene rings is 2. The van der Waals surface area contributed by atoms with E-state index in [1.54, 1.807) is 43.5 Å². The van der Waals surface area contributed by atoms with Crippen molar-refractivity contribution < 1.29 is 19.0 Å². The van der Waals surface area contributed by atoms with E-state index in [1.807, 2.05) is 6.07 Å². The van der Waals surface area contributed by atoms with Gasteiger partial charge in [0, 0.05) is 10.2 Å². The first-order valence-corrected chi connectivity index (χ1v) is 8.30. The number of halogens is 1. The molecule has 2 rings (SSSR count). The summed E-state index contributed by atoms with van der Waals surface area (Å²) in [4.78, 5) is 12.4. The predicted molar refractivity (Wildman–Crippen MR) is 102 cm³/mol. The molecule has 0 fully saturated rings. The summed E-state index contributed by atoms with van der Waals surface area (Å²) in [6.45, 7) is 0. The van der Waals surface area contributed by atoms with Crippen molar-refractivity contribution in [2.75, 3.05) is 26.6 Å². The van der Waals surface area contributed by atoms with Crippen molar-refractivity contribution in [2.24, 2.45) is 0 Å². The minimum atomic E-state index is -0.514. The van der Waals surface area contributed by atoms with Crippen LogP contribution in [0.5, 0.6) is 17.2 Å². The van der Waals surface area contributed by atoms with E-state index in [1.165, 1.54) is 20.3 Å². The van der Waals surface area contributed by atoms with E-state index in [0.29, 0.717) is 33.0 Å². The lowest BCUT2D eigenvalue weighted by Crippen LogP contribution is -2.13. The largest absolute Gasteiger partial charge is 0.497 e. The molecule has 0 atom stereocenters. The second-order valence-electron chi connectivity index (χ2n) is 5.08. The quantitative estimate of drug-likeness (QED) is 0.567. The Balaban J connectivity index is 2.29. The fourth-order valence-corrected chi connectivity index (χ4v) is 2.59. The average molecular weight is 417 g/mol. The molecule has 1 amide bonds. The highest BCUT2D eigenvalue weighted by Crippen LogP contribution is 2.34. The molecule has 0 unspecified atom stereocenters. The smallest absolute Gasteiger partial charge is 0.266 e. The van der Waals surface area contributed by atoms with Gasteiger partial charge in [0.2, 0.25) is 0 Å². The number of methoxy groups -OCH3 is 3. The van der Waals surface area contributed by atoms with Crippen molar-refractivity contribution in [1.29, 1.82) is 5.26 Å². The molecule has 0 saturated heterocycles.